The zero-order valence-electron chi connectivity index (χ0n) is 7.70. The summed E-state index contributed by atoms with van der Waals surface area (Å²) in [5, 5.41) is 0. The first-order chi connectivity index (χ1) is 6.54. The van der Waals surface area contributed by atoms with Gasteiger partial charge in [0.15, 0.2) is 11.5 Å². The number of nitrogen functional groups attached to an aromatic ring is 1. The van der Waals surface area contributed by atoms with Crippen molar-refractivity contribution in [2.75, 3.05) is 20.0 Å². The second-order valence-electron chi connectivity index (χ2n) is 2.86. The molecular weight excluding hydrogens is 206 g/mol. The predicted octanol–water partition coefficient (Wildman–Crippen LogP) is 0.432. The average Bonchev–Trinajstić information content (AvgIpc) is 2.70. The highest BCUT2D eigenvalue weighted by molar-refractivity contribution is 7.97. The molecule has 1 aliphatic rings. The number of methoxy groups -OCH3 is 2. The van der Waals surface area contributed by atoms with Crippen molar-refractivity contribution >= 4 is 15.5 Å². The Morgan fingerprint density at radius 1 is 1.21 bits per heavy atom. The molecule has 1 aromatic rings. The molecule has 76 valence electrons. The summed E-state index contributed by atoms with van der Waals surface area (Å²) < 4.78 is 32.7. The van der Waals surface area contributed by atoms with Gasteiger partial charge in [0.25, 0.3) is 0 Å². The van der Waals surface area contributed by atoms with E-state index in [4.69, 9.17) is 15.2 Å². The van der Waals surface area contributed by atoms with Crippen LogP contribution in [0.1, 0.15) is 0 Å². The molecule has 1 heterocycles. The van der Waals surface area contributed by atoms with Crippen LogP contribution in [0.4, 0.5) is 5.69 Å². The van der Waals surface area contributed by atoms with E-state index in [0.29, 0.717) is 5.75 Å². The van der Waals surface area contributed by atoms with Crippen LogP contribution in [0.3, 0.4) is 0 Å². The van der Waals surface area contributed by atoms with Crippen LogP contribution in [0.25, 0.3) is 0 Å². The molecule has 0 unspecified atom stereocenters. The number of nitrogens with two attached hydrogens (primary N) is 1. The highest BCUT2D eigenvalue weighted by Gasteiger charge is 2.47. The van der Waals surface area contributed by atoms with Crippen LogP contribution in [0.15, 0.2) is 15.9 Å². The van der Waals surface area contributed by atoms with Gasteiger partial charge in [-0.25, -0.2) is 8.42 Å². The van der Waals surface area contributed by atoms with Gasteiger partial charge in [0.1, 0.15) is 9.79 Å². The summed E-state index contributed by atoms with van der Waals surface area (Å²) in [7, 11) is -0.492. The van der Waals surface area contributed by atoms with E-state index in [1.54, 1.807) is 0 Å². The minimum Gasteiger partial charge on any atom is -0.493 e. The molecule has 14 heavy (non-hydrogen) atoms. The van der Waals surface area contributed by atoms with Gasteiger partial charge >= 0.3 is 0 Å². The maximum Gasteiger partial charge on any atom is 0.215 e. The summed E-state index contributed by atoms with van der Waals surface area (Å²) in [5.41, 5.74) is 5.74. The van der Waals surface area contributed by atoms with Crippen LogP contribution in [-0.4, -0.2) is 22.6 Å². The normalized spacial score (nSPS) is 15.9. The quantitative estimate of drug-likeness (QED) is 0.580. The molecule has 0 atom stereocenters. The molecule has 2 N–H and O–H groups in total. The van der Waals surface area contributed by atoms with E-state index < -0.39 is 9.84 Å². The summed E-state index contributed by atoms with van der Waals surface area (Å²) in [6.45, 7) is 0. The van der Waals surface area contributed by atoms with Crippen molar-refractivity contribution in [3.05, 3.63) is 6.07 Å². The van der Waals surface area contributed by atoms with E-state index in [0.717, 1.165) is 0 Å². The standard InChI is InChI=1S/C8H9NO4S/c1-12-5-3-4(9)7-8(6(5)13-2)14(7,10)11/h3H,9H2,1-2H3. The van der Waals surface area contributed by atoms with E-state index in [9.17, 15) is 8.42 Å². The minimum absolute atomic E-state index is 0.150. The first-order valence-electron chi connectivity index (χ1n) is 3.83. The average molecular weight is 215 g/mol. The highest BCUT2D eigenvalue weighted by Crippen LogP contribution is 2.54. The summed E-state index contributed by atoms with van der Waals surface area (Å²) in [4.78, 5) is 0.312. The van der Waals surface area contributed by atoms with Gasteiger partial charge in [-0.05, 0) is 0 Å². The molecule has 1 aromatic carbocycles. The van der Waals surface area contributed by atoms with E-state index in [1.165, 1.54) is 20.3 Å². The number of hydrogen-bond acceptors (Lipinski definition) is 5. The molecule has 6 heteroatoms. The third-order valence-corrected chi connectivity index (χ3v) is 3.80. The molecule has 0 saturated heterocycles. The Morgan fingerprint density at radius 2 is 1.86 bits per heavy atom. The minimum atomic E-state index is -3.31. The Morgan fingerprint density at radius 3 is 2.36 bits per heavy atom. The molecule has 5 nitrogen and oxygen atoms in total. The molecule has 0 saturated carbocycles. The van der Waals surface area contributed by atoms with Crippen LogP contribution in [0, 0.1) is 0 Å². The molecule has 0 amide bonds. The summed E-state index contributed by atoms with van der Waals surface area (Å²) in [6, 6.07) is 1.45. The van der Waals surface area contributed by atoms with Crippen molar-refractivity contribution in [3.8, 4) is 11.5 Å². The lowest BCUT2D eigenvalue weighted by Crippen LogP contribution is -1.91. The molecule has 0 radical (unpaired) electrons. The van der Waals surface area contributed by atoms with E-state index in [1.807, 2.05) is 0 Å². The summed E-state index contributed by atoms with van der Waals surface area (Å²) >= 11 is 0. The lowest BCUT2D eigenvalue weighted by Gasteiger charge is -2.04. The molecular formula is C8H9NO4S. The highest BCUT2D eigenvalue weighted by atomic mass is 32.2. The molecule has 0 fully saturated rings. The van der Waals surface area contributed by atoms with Gasteiger partial charge in [-0.1, -0.05) is 0 Å². The Balaban J connectivity index is 2.76. The second kappa shape index (κ2) is 2.54. The van der Waals surface area contributed by atoms with Crippen LogP contribution in [-0.2, 0) is 9.84 Å². The van der Waals surface area contributed by atoms with Gasteiger partial charge < -0.3 is 15.2 Å². The lowest BCUT2D eigenvalue weighted by molar-refractivity contribution is 0.348. The number of ether oxygens (including phenoxy) is 2. The van der Waals surface area contributed by atoms with Crippen molar-refractivity contribution in [1.29, 1.82) is 0 Å². The molecule has 0 aliphatic carbocycles. The van der Waals surface area contributed by atoms with Gasteiger partial charge in [0.2, 0.25) is 9.84 Å². The fourth-order valence-electron chi connectivity index (χ4n) is 1.43. The van der Waals surface area contributed by atoms with Gasteiger partial charge in [-0.15, -0.1) is 0 Å². The Hall–Kier alpha value is -1.43. The van der Waals surface area contributed by atoms with Gasteiger partial charge in [-0.3, -0.25) is 0 Å². The van der Waals surface area contributed by atoms with Crippen molar-refractivity contribution in [2.24, 2.45) is 0 Å². The van der Waals surface area contributed by atoms with Crippen LogP contribution in [0.2, 0.25) is 0 Å². The van der Waals surface area contributed by atoms with Gasteiger partial charge in [0, 0.05) is 6.07 Å². The third kappa shape index (κ3) is 0.913. The van der Waals surface area contributed by atoms with Crippen LogP contribution in [0.5, 0.6) is 11.5 Å². The molecule has 2 rings (SSSR count). The molecule has 0 spiro atoms. The SMILES string of the molecule is COc1cc(N)c2c(c1OC)S2(=O)=O. The first-order valence-corrected chi connectivity index (χ1v) is 5.32. The number of benzene rings is 1. The fraction of sp³-hybridized carbons (Fsp3) is 0.250. The van der Waals surface area contributed by atoms with Crippen molar-refractivity contribution in [2.45, 2.75) is 9.79 Å². The number of fused-ring (bicyclic) bond motifs is 1. The van der Waals surface area contributed by atoms with Crippen molar-refractivity contribution in [1.82, 2.24) is 0 Å². The monoisotopic (exact) mass is 215 g/mol. The van der Waals surface area contributed by atoms with Crippen LogP contribution < -0.4 is 15.2 Å². The maximum absolute atomic E-state index is 11.4. The predicted molar refractivity (Wildman–Crippen MR) is 49.4 cm³/mol. The third-order valence-electron chi connectivity index (χ3n) is 2.10. The number of anilines is 1. The first kappa shape index (κ1) is 9.14. The zero-order valence-corrected chi connectivity index (χ0v) is 8.51. The lowest BCUT2D eigenvalue weighted by atomic mass is 10.3. The van der Waals surface area contributed by atoms with E-state index in [-0.39, 0.29) is 21.2 Å². The van der Waals surface area contributed by atoms with Gasteiger partial charge in [-0.2, -0.15) is 0 Å². The number of hydrogen-bond donors (Lipinski definition) is 1. The summed E-state index contributed by atoms with van der Waals surface area (Å²) in [6.07, 6.45) is 0. The smallest absolute Gasteiger partial charge is 0.215 e. The number of rotatable bonds is 2. The molecule has 1 aliphatic heterocycles. The van der Waals surface area contributed by atoms with Crippen molar-refractivity contribution in [3.63, 3.8) is 0 Å². The molecule has 0 bridgehead atoms. The van der Waals surface area contributed by atoms with E-state index in [2.05, 4.69) is 0 Å². The Bertz CT molecular complexity index is 507. The Labute approximate surface area is 81.3 Å². The topological polar surface area (TPSA) is 78.6 Å². The fourth-order valence-corrected chi connectivity index (χ4v) is 3.03. The van der Waals surface area contributed by atoms with E-state index >= 15 is 0 Å². The maximum atomic E-state index is 11.4. The summed E-state index contributed by atoms with van der Waals surface area (Å²) in [5.74, 6) is 0.571. The Kier molecular flexibility index (Phi) is 1.66. The van der Waals surface area contributed by atoms with Crippen molar-refractivity contribution < 1.29 is 17.9 Å². The zero-order chi connectivity index (χ0) is 10.5. The van der Waals surface area contributed by atoms with Gasteiger partial charge in [0.05, 0.1) is 19.9 Å². The second-order valence-corrected chi connectivity index (χ2v) is 4.69. The number of sulfone groups is 1. The molecule has 0 aromatic heterocycles. The largest absolute Gasteiger partial charge is 0.493 e. The van der Waals surface area contributed by atoms with Crippen LogP contribution >= 0.6 is 0 Å².